The summed E-state index contributed by atoms with van der Waals surface area (Å²) in [4.78, 5) is 11.2. The van der Waals surface area contributed by atoms with E-state index in [1.807, 2.05) is 31.3 Å². The van der Waals surface area contributed by atoms with Crippen LogP contribution in [0.25, 0.3) is 0 Å². The standard InChI is InChI=1S/C21H26BrN3O/c1-4-25(3)14-23-20-12-19(22)21(24-15(20)2)26-13-17-10-7-9-16-8-5-6-11-18(16)17/h5-6,8,11-12,14,17H,4,7,9-10,13H2,1-3H3/b23-14+. The number of nitrogens with zero attached hydrogens (tertiary/aromatic N) is 3. The molecule has 0 fully saturated rings. The molecule has 2 aromatic rings. The van der Waals surface area contributed by atoms with Crippen molar-refractivity contribution in [3.05, 3.63) is 51.6 Å². The highest BCUT2D eigenvalue weighted by Gasteiger charge is 2.21. The van der Waals surface area contributed by atoms with E-state index in [1.54, 1.807) is 0 Å². The van der Waals surface area contributed by atoms with Gasteiger partial charge in [-0.3, -0.25) is 0 Å². The summed E-state index contributed by atoms with van der Waals surface area (Å²) >= 11 is 3.59. The normalized spacial score (nSPS) is 16.5. The molecule has 1 aromatic heterocycles. The van der Waals surface area contributed by atoms with E-state index >= 15 is 0 Å². The Bertz CT molecular complexity index is 791. The number of pyridine rings is 1. The van der Waals surface area contributed by atoms with Gasteiger partial charge in [-0.1, -0.05) is 24.3 Å². The summed E-state index contributed by atoms with van der Waals surface area (Å²) in [7, 11) is 2.00. The highest BCUT2D eigenvalue weighted by Crippen LogP contribution is 2.34. The molecule has 0 bridgehead atoms. The Labute approximate surface area is 164 Å². The third-order valence-electron chi connectivity index (χ3n) is 4.92. The Morgan fingerprint density at radius 2 is 2.19 bits per heavy atom. The molecule has 0 radical (unpaired) electrons. The summed E-state index contributed by atoms with van der Waals surface area (Å²) in [6.07, 6.45) is 5.39. The van der Waals surface area contributed by atoms with Crippen LogP contribution in [0.15, 0.2) is 39.8 Å². The second-order valence-electron chi connectivity index (χ2n) is 6.80. The number of aromatic nitrogens is 1. The minimum Gasteiger partial charge on any atom is -0.476 e. The first-order valence-electron chi connectivity index (χ1n) is 9.20. The predicted molar refractivity (Wildman–Crippen MR) is 111 cm³/mol. The predicted octanol–water partition coefficient (Wildman–Crippen LogP) is 5.26. The zero-order valence-electron chi connectivity index (χ0n) is 15.7. The summed E-state index contributed by atoms with van der Waals surface area (Å²) in [6, 6.07) is 10.7. The van der Waals surface area contributed by atoms with Crippen LogP contribution in [0.1, 0.15) is 42.5 Å². The Morgan fingerprint density at radius 1 is 1.38 bits per heavy atom. The van der Waals surface area contributed by atoms with Gasteiger partial charge in [-0.2, -0.15) is 0 Å². The number of hydrogen-bond acceptors (Lipinski definition) is 3. The van der Waals surface area contributed by atoms with E-state index in [1.165, 1.54) is 30.4 Å². The molecule has 0 aliphatic heterocycles. The fourth-order valence-electron chi connectivity index (χ4n) is 3.23. The van der Waals surface area contributed by atoms with Gasteiger partial charge >= 0.3 is 0 Å². The molecular formula is C21H26BrN3O. The van der Waals surface area contributed by atoms with Gasteiger partial charge in [0.1, 0.15) is 0 Å². The van der Waals surface area contributed by atoms with Crippen molar-refractivity contribution in [2.75, 3.05) is 20.2 Å². The largest absolute Gasteiger partial charge is 0.476 e. The van der Waals surface area contributed by atoms with Crippen LogP contribution in [-0.4, -0.2) is 36.4 Å². The maximum atomic E-state index is 6.10. The third-order valence-corrected chi connectivity index (χ3v) is 5.48. The van der Waals surface area contributed by atoms with Crippen molar-refractivity contribution >= 4 is 28.0 Å². The van der Waals surface area contributed by atoms with Gasteiger partial charge in [-0.15, -0.1) is 0 Å². The van der Waals surface area contributed by atoms with Gasteiger partial charge in [-0.25, -0.2) is 9.98 Å². The molecule has 0 saturated heterocycles. The first-order valence-corrected chi connectivity index (χ1v) is 10.00. The van der Waals surface area contributed by atoms with Crippen LogP contribution >= 0.6 is 15.9 Å². The smallest absolute Gasteiger partial charge is 0.228 e. The summed E-state index contributed by atoms with van der Waals surface area (Å²) in [5, 5.41) is 0. The number of aliphatic imine (C=N–C) groups is 1. The van der Waals surface area contributed by atoms with Gasteiger partial charge in [0.25, 0.3) is 0 Å². The minimum atomic E-state index is 0.435. The topological polar surface area (TPSA) is 37.7 Å². The van der Waals surface area contributed by atoms with Gasteiger partial charge in [0.15, 0.2) is 0 Å². The fraction of sp³-hybridized carbons (Fsp3) is 0.429. The zero-order chi connectivity index (χ0) is 18.5. The quantitative estimate of drug-likeness (QED) is 0.476. The lowest BCUT2D eigenvalue weighted by atomic mass is 9.83. The second-order valence-corrected chi connectivity index (χ2v) is 7.65. The van der Waals surface area contributed by atoms with Crippen molar-refractivity contribution in [3.63, 3.8) is 0 Å². The summed E-state index contributed by atoms with van der Waals surface area (Å²) in [5.41, 5.74) is 4.61. The lowest BCUT2D eigenvalue weighted by Gasteiger charge is -2.25. The van der Waals surface area contributed by atoms with E-state index in [0.29, 0.717) is 18.4 Å². The molecular weight excluding hydrogens is 390 g/mol. The number of halogens is 1. The van der Waals surface area contributed by atoms with E-state index < -0.39 is 0 Å². The van der Waals surface area contributed by atoms with Gasteiger partial charge in [0, 0.05) is 19.5 Å². The molecule has 0 spiro atoms. The van der Waals surface area contributed by atoms with Gasteiger partial charge in [0.2, 0.25) is 5.88 Å². The maximum absolute atomic E-state index is 6.10. The molecule has 1 aromatic carbocycles. The second kappa shape index (κ2) is 8.67. The molecule has 0 N–H and O–H groups in total. The average molecular weight is 416 g/mol. The molecule has 1 atom stereocenters. The number of ether oxygens (including phenoxy) is 1. The first-order chi connectivity index (χ1) is 12.6. The van der Waals surface area contributed by atoms with Crippen LogP contribution in [-0.2, 0) is 6.42 Å². The third kappa shape index (κ3) is 4.44. The summed E-state index contributed by atoms with van der Waals surface area (Å²) < 4.78 is 6.94. The van der Waals surface area contributed by atoms with Crippen molar-refractivity contribution < 1.29 is 4.74 Å². The van der Waals surface area contributed by atoms with E-state index in [-0.39, 0.29) is 0 Å². The molecule has 138 valence electrons. The van der Waals surface area contributed by atoms with Crippen LogP contribution < -0.4 is 4.74 Å². The van der Waals surface area contributed by atoms with Crippen LogP contribution in [0, 0.1) is 6.92 Å². The van der Waals surface area contributed by atoms with Crippen LogP contribution in [0.3, 0.4) is 0 Å². The van der Waals surface area contributed by atoms with Crippen molar-refractivity contribution in [1.82, 2.24) is 9.88 Å². The SMILES string of the molecule is CCN(C)/C=N/c1cc(Br)c(OCC2CCCc3ccccc32)nc1C. The van der Waals surface area contributed by atoms with Crippen LogP contribution in [0.4, 0.5) is 5.69 Å². The van der Waals surface area contributed by atoms with Crippen molar-refractivity contribution in [2.24, 2.45) is 4.99 Å². The Balaban J connectivity index is 1.71. The Hall–Kier alpha value is -1.88. The summed E-state index contributed by atoms with van der Waals surface area (Å²) in [5.74, 6) is 1.08. The highest BCUT2D eigenvalue weighted by atomic mass is 79.9. The number of rotatable bonds is 6. The van der Waals surface area contributed by atoms with Crippen molar-refractivity contribution in [3.8, 4) is 5.88 Å². The van der Waals surface area contributed by atoms with E-state index in [9.17, 15) is 0 Å². The maximum Gasteiger partial charge on any atom is 0.228 e. The average Bonchev–Trinajstić information content (AvgIpc) is 2.66. The highest BCUT2D eigenvalue weighted by molar-refractivity contribution is 9.10. The van der Waals surface area contributed by atoms with Crippen molar-refractivity contribution in [1.29, 1.82) is 0 Å². The first kappa shape index (κ1) is 18.9. The lowest BCUT2D eigenvalue weighted by Crippen LogP contribution is -2.17. The molecule has 1 heterocycles. The Kier molecular flexibility index (Phi) is 6.30. The zero-order valence-corrected chi connectivity index (χ0v) is 17.3. The monoisotopic (exact) mass is 415 g/mol. The number of aryl methyl sites for hydroxylation is 2. The molecule has 1 aliphatic carbocycles. The minimum absolute atomic E-state index is 0.435. The molecule has 3 rings (SSSR count). The Morgan fingerprint density at radius 3 is 3.00 bits per heavy atom. The summed E-state index contributed by atoms with van der Waals surface area (Å²) in [6.45, 7) is 5.63. The fourth-order valence-corrected chi connectivity index (χ4v) is 3.65. The molecule has 0 saturated carbocycles. The van der Waals surface area contributed by atoms with Gasteiger partial charge < -0.3 is 9.64 Å². The van der Waals surface area contributed by atoms with Crippen LogP contribution in [0.2, 0.25) is 0 Å². The molecule has 4 nitrogen and oxygen atoms in total. The molecule has 1 unspecified atom stereocenters. The van der Waals surface area contributed by atoms with E-state index in [4.69, 9.17) is 4.74 Å². The molecule has 0 amide bonds. The number of hydrogen-bond donors (Lipinski definition) is 0. The number of fused-ring (bicyclic) bond motifs is 1. The van der Waals surface area contributed by atoms with Gasteiger partial charge in [0.05, 0.1) is 28.8 Å². The number of benzene rings is 1. The van der Waals surface area contributed by atoms with Crippen LogP contribution in [0.5, 0.6) is 5.88 Å². The molecule has 5 heteroatoms. The van der Waals surface area contributed by atoms with Gasteiger partial charge in [-0.05, 0) is 66.2 Å². The van der Waals surface area contributed by atoms with Crippen molar-refractivity contribution in [2.45, 2.75) is 39.0 Å². The van der Waals surface area contributed by atoms with E-state index in [2.05, 4.69) is 57.1 Å². The van der Waals surface area contributed by atoms with E-state index in [0.717, 1.165) is 22.4 Å². The molecule has 1 aliphatic rings. The lowest BCUT2D eigenvalue weighted by molar-refractivity contribution is 0.263. The molecule has 26 heavy (non-hydrogen) atoms.